The van der Waals surface area contributed by atoms with Crippen LogP contribution in [-0.2, 0) is 0 Å². The van der Waals surface area contributed by atoms with Gasteiger partial charge in [-0.15, -0.1) is 0 Å². The van der Waals surface area contributed by atoms with E-state index in [2.05, 4.69) is 10.3 Å². The molecule has 1 N–H and O–H groups in total. The average Bonchev–Trinajstić information content (AvgIpc) is 2.51. The number of anilines is 1. The lowest BCUT2D eigenvalue weighted by atomic mass is 10.3. The number of carbonyl (C=O) groups excluding carboxylic acids is 2. The largest absolute Gasteiger partial charge is 0.345 e. The number of carbonyl (C=O) groups is 2. The maximum Gasteiger partial charge on any atom is 0.345 e. The van der Waals surface area contributed by atoms with Crippen LogP contribution in [0.25, 0.3) is 0 Å². The molecule has 1 aromatic rings. The maximum absolute atomic E-state index is 12.8. The predicted molar refractivity (Wildman–Crippen MR) is 107 cm³/mol. The summed E-state index contributed by atoms with van der Waals surface area (Å²) in [6, 6.07) is 5.98. The monoisotopic (exact) mass is 384 g/mol. The molecule has 0 heterocycles. The third kappa shape index (κ3) is 6.96. The highest BCUT2D eigenvalue weighted by atomic mass is 35.5. The van der Waals surface area contributed by atoms with E-state index in [1.807, 2.05) is 20.8 Å². The minimum absolute atomic E-state index is 0.169. The van der Waals surface area contributed by atoms with Crippen LogP contribution >= 0.6 is 23.4 Å². The summed E-state index contributed by atoms with van der Waals surface area (Å²) in [4.78, 5) is 31.8. The van der Waals surface area contributed by atoms with E-state index >= 15 is 0 Å². The van der Waals surface area contributed by atoms with Gasteiger partial charge in [0.1, 0.15) is 0 Å². The minimum Gasteiger partial charge on any atom is -0.329 e. The Balaban J connectivity index is 3.10. The Morgan fingerprint density at radius 2 is 2.00 bits per heavy atom. The van der Waals surface area contributed by atoms with Crippen molar-refractivity contribution in [2.24, 2.45) is 4.99 Å². The van der Waals surface area contributed by atoms with Crippen LogP contribution in [0.3, 0.4) is 0 Å². The molecule has 0 atom stereocenters. The van der Waals surface area contributed by atoms with Crippen LogP contribution in [0, 0.1) is 0 Å². The highest BCUT2D eigenvalue weighted by Crippen LogP contribution is 2.19. The Morgan fingerprint density at radius 1 is 1.32 bits per heavy atom. The number of rotatable bonds is 4. The first-order valence-electron chi connectivity index (χ1n) is 8.04. The van der Waals surface area contributed by atoms with Gasteiger partial charge in [0.25, 0.3) is 0 Å². The number of hydrogen-bond acceptors (Lipinski definition) is 3. The Morgan fingerprint density at radius 3 is 2.52 bits per heavy atom. The molecule has 25 heavy (non-hydrogen) atoms. The number of nitrogens with zero attached hydrogens (tertiary/aromatic N) is 3. The van der Waals surface area contributed by atoms with E-state index < -0.39 is 6.03 Å². The zero-order chi connectivity index (χ0) is 19.0. The number of thioether (sulfide) groups is 1. The highest BCUT2D eigenvalue weighted by molar-refractivity contribution is 8.13. The molecular formula is C17H25ClN4O2S. The van der Waals surface area contributed by atoms with Crippen LogP contribution < -0.4 is 5.32 Å². The van der Waals surface area contributed by atoms with E-state index in [1.165, 1.54) is 21.6 Å². The maximum atomic E-state index is 12.8. The molecule has 0 fully saturated rings. The summed E-state index contributed by atoms with van der Waals surface area (Å²) in [5.41, 5.74) is 0.585. The normalized spacial score (nSPS) is 11.4. The van der Waals surface area contributed by atoms with Gasteiger partial charge in [0.2, 0.25) is 0 Å². The van der Waals surface area contributed by atoms with Gasteiger partial charge in [0, 0.05) is 36.6 Å². The van der Waals surface area contributed by atoms with Crippen molar-refractivity contribution in [2.45, 2.75) is 33.2 Å². The van der Waals surface area contributed by atoms with Gasteiger partial charge in [-0.1, -0.05) is 36.4 Å². The molecule has 138 valence electrons. The van der Waals surface area contributed by atoms with Crippen molar-refractivity contribution in [1.82, 2.24) is 9.80 Å². The van der Waals surface area contributed by atoms with Crippen LogP contribution in [0.15, 0.2) is 29.3 Å². The van der Waals surface area contributed by atoms with E-state index in [0.29, 0.717) is 15.9 Å². The third-order valence-electron chi connectivity index (χ3n) is 3.03. The van der Waals surface area contributed by atoms with Crippen LogP contribution in [0.4, 0.5) is 15.3 Å². The van der Waals surface area contributed by atoms with Crippen LogP contribution in [-0.4, -0.2) is 52.9 Å². The summed E-state index contributed by atoms with van der Waals surface area (Å²) in [6.45, 7) is 5.78. The summed E-state index contributed by atoms with van der Waals surface area (Å²) in [6.07, 6.45) is 0.904. The second kappa shape index (κ2) is 10.3. The molecule has 0 aliphatic carbocycles. The summed E-state index contributed by atoms with van der Waals surface area (Å²) in [5, 5.41) is 3.72. The molecular weight excluding hydrogens is 360 g/mol. The van der Waals surface area contributed by atoms with Gasteiger partial charge in [-0.25, -0.2) is 9.59 Å². The van der Waals surface area contributed by atoms with Gasteiger partial charge < -0.3 is 10.2 Å². The van der Waals surface area contributed by atoms with Crippen LogP contribution in [0.5, 0.6) is 0 Å². The lowest BCUT2D eigenvalue weighted by Crippen LogP contribution is -2.44. The van der Waals surface area contributed by atoms with Crippen molar-refractivity contribution in [1.29, 1.82) is 0 Å². The topological polar surface area (TPSA) is 65.0 Å². The number of aliphatic imine (C=N–C) groups is 1. The van der Waals surface area contributed by atoms with Crippen molar-refractivity contribution < 1.29 is 9.59 Å². The summed E-state index contributed by atoms with van der Waals surface area (Å²) >= 11 is 7.35. The first-order chi connectivity index (χ1) is 11.8. The number of nitrogens with one attached hydrogen (secondary N) is 1. The Labute approximate surface area is 158 Å². The summed E-state index contributed by atoms with van der Waals surface area (Å²) < 4.78 is 0. The van der Waals surface area contributed by atoms with Crippen molar-refractivity contribution in [2.75, 3.05) is 25.2 Å². The van der Waals surface area contributed by atoms with E-state index in [1.54, 1.807) is 38.4 Å². The number of hydrogen-bond donors (Lipinski definition) is 1. The fourth-order valence-electron chi connectivity index (χ4n) is 1.82. The molecule has 1 aromatic carbocycles. The standard InChI is InChI=1S/C17H25ClN4O2S/c1-6-10-25-17(20-15(23)21(4)5)22(12(2)3)16(24)19-14-9-7-8-13(18)11-14/h7-9,11-12H,6,10H2,1-5H3,(H,19,24). The van der Waals surface area contributed by atoms with Crippen LogP contribution in [0.1, 0.15) is 27.2 Å². The quantitative estimate of drug-likeness (QED) is 0.601. The van der Waals surface area contributed by atoms with Crippen molar-refractivity contribution in [3.63, 3.8) is 0 Å². The minimum atomic E-state index is -0.403. The number of urea groups is 2. The summed E-state index contributed by atoms with van der Waals surface area (Å²) in [7, 11) is 3.25. The van der Waals surface area contributed by atoms with Crippen LogP contribution in [0.2, 0.25) is 5.02 Å². The van der Waals surface area contributed by atoms with E-state index in [9.17, 15) is 9.59 Å². The molecule has 0 saturated carbocycles. The molecule has 0 aliphatic heterocycles. The Bertz CT molecular complexity index is 635. The van der Waals surface area contributed by atoms with E-state index in [0.717, 1.165) is 12.2 Å². The third-order valence-corrected chi connectivity index (χ3v) is 4.42. The molecule has 1 rings (SSSR count). The fourth-order valence-corrected chi connectivity index (χ4v) is 2.98. The van der Waals surface area contributed by atoms with Gasteiger partial charge in [0.05, 0.1) is 0 Å². The SMILES string of the molecule is CCCSC(=NC(=O)N(C)C)N(C(=O)Nc1cccc(Cl)c1)C(C)C. The molecule has 4 amide bonds. The summed E-state index contributed by atoms with van der Waals surface area (Å²) in [5.74, 6) is 0.757. The van der Waals surface area contributed by atoms with Crippen molar-refractivity contribution >= 4 is 46.3 Å². The predicted octanol–water partition coefficient (Wildman–Crippen LogP) is 4.76. The zero-order valence-electron chi connectivity index (χ0n) is 15.2. The van der Waals surface area contributed by atoms with Crippen molar-refractivity contribution in [3.05, 3.63) is 29.3 Å². The second-order valence-corrected chi connectivity index (χ2v) is 7.32. The first kappa shape index (κ1) is 21.3. The molecule has 0 radical (unpaired) electrons. The molecule has 0 spiro atoms. The molecule has 0 aliphatic rings. The molecule has 0 saturated heterocycles. The molecule has 0 unspecified atom stereocenters. The molecule has 0 aromatic heterocycles. The number of benzene rings is 1. The molecule has 6 nitrogen and oxygen atoms in total. The van der Waals surface area contributed by atoms with Gasteiger partial charge in [0.15, 0.2) is 5.17 Å². The van der Waals surface area contributed by atoms with Gasteiger partial charge >= 0.3 is 12.1 Å². The number of amidine groups is 1. The average molecular weight is 385 g/mol. The van der Waals surface area contributed by atoms with Gasteiger partial charge in [-0.05, 0) is 38.5 Å². The number of halogens is 1. The highest BCUT2D eigenvalue weighted by Gasteiger charge is 2.24. The lowest BCUT2D eigenvalue weighted by Gasteiger charge is -2.27. The van der Waals surface area contributed by atoms with E-state index in [-0.39, 0.29) is 12.1 Å². The zero-order valence-corrected chi connectivity index (χ0v) is 16.8. The first-order valence-corrected chi connectivity index (χ1v) is 9.41. The fraction of sp³-hybridized carbons (Fsp3) is 0.471. The Kier molecular flexibility index (Phi) is 8.78. The lowest BCUT2D eigenvalue weighted by molar-refractivity contribution is 0.224. The van der Waals surface area contributed by atoms with E-state index in [4.69, 9.17) is 11.6 Å². The molecule has 0 bridgehead atoms. The number of amides is 4. The van der Waals surface area contributed by atoms with Gasteiger partial charge in [-0.3, -0.25) is 4.90 Å². The van der Waals surface area contributed by atoms with Crippen molar-refractivity contribution in [3.8, 4) is 0 Å². The second-order valence-electron chi connectivity index (χ2n) is 5.82. The smallest absolute Gasteiger partial charge is 0.329 e. The molecule has 8 heteroatoms. The Hall–Kier alpha value is -1.73. The van der Waals surface area contributed by atoms with Gasteiger partial charge in [-0.2, -0.15) is 4.99 Å².